The number of hydrogen-bond donors (Lipinski definition) is 0. The van der Waals surface area contributed by atoms with Crippen molar-refractivity contribution >= 4 is 23.2 Å². The summed E-state index contributed by atoms with van der Waals surface area (Å²) >= 11 is 6.13. The van der Waals surface area contributed by atoms with Crippen LogP contribution in [0.25, 0.3) is 0 Å². The Morgan fingerprint density at radius 1 is 1.15 bits per heavy atom. The molecule has 2 aromatic rings. The zero-order valence-electron chi connectivity index (χ0n) is 11.8. The van der Waals surface area contributed by atoms with Crippen LogP contribution in [-0.2, 0) is 0 Å². The minimum absolute atomic E-state index is 0.0527. The lowest BCUT2D eigenvalue weighted by molar-refractivity contribution is 0.0987. The second-order valence-corrected chi connectivity index (χ2v) is 5.18. The first-order chi connectivity index (χ1) is 9.63. The van der Waals surface area contributed by atoms with E-state index in [9.17, 15) is 4.79 Å². The Hall–Kier alpha value is -1.80. The normalized spacial score (nSPS) is 10.3. The van der Waals surface area contributed by atoms with Crippen LogP contribution in [0.5, 0.6) is 0 Å². The van der Waals surface area contributed by atoms with Gasteiger partial charge in [0.25, 0.3) is 5.91 Å². The lowest BCUT2D eigenvalue weighted by Crippen LogP contribution is -2.31. The van der Waals surface area contributed by atoms with Gasteiger partial charge in [0, 0.05) is 12.2 Å². The van der Waals surface area contributed by atoms with Crippen molar-refractivity contribution in [2.75, 3.05) is 11.4 Å². The minimum Gasteiger partial charge on any atom is -0.308 e. The second-order valence-electron chi connectivity index (χ2n) is 4.78. The molecule has 0 spiro atoms. The number of carbonyl (C=O) groups is 1. The first-order valence-electron chi connectivity index (χ1n) is 6.76. The van der Waals surface area contributed by atoms with E-state index in [1.54, 1.807) is 17.0 Å². The molecule has 20 heavy (non-hydrogen) atoms. The molecule has 104 valence electrons. The maximum atomic E-state index is 12.7. The summed E-state index contributed by atoms with van der Waals surface area (Å²) in [6, 6.07) is 15.1. The fourth-order valence-electron chi connectivity index (χ4n) is 2.15. The molecule has 0 saturated carbocycles. The van der Waals surface area contributed by atoms with Gasteiger partial charge in [-0.25, -0.2) is 0 Å². The number of halogens is 1. The molecule has 0 N–H and O–H groups in total. The number of amides is 1. The van der Waals surface area contributed by atoms with Gasteiger partial charge in [-0.2, -0.15) is 0 Å². The third kappa shape index (κ3) is 3.20. The van der Waals surface area contributed by atoms with E-state index in [-0.39, 0.29) is 5.91 Å². The number of aryl methyl sites for hydroxylation is 1. The average Bonchev–Trinajstić information content (AvgIpc) is 2.44. The lowest BCUT2D eigenvalue weighted by atomic mass is 10.1. The summed E-state index contributed by atoms with van der Waals surface area (Å²) in [5, 5.41) is 0.492. The molecule has 0 bridgehead atoms. The number of benzene rings is 2. The monoisotopic (exact) mass is 287 g/mol. The van der Waals surface area contributed by atoms with Gasteiger partial charge in [-0.3, -0.25) is 4.79 Å². The van der Waals surface area contributed by atoms with Crippen LogP contribution in [0.2, 0.25) is 5.02 Å². The lowest BCUT2D eigenvalue weighted by Gasteiger charge is -2.23. The predicted molar refractivity (Wildman–Crippen MR) is 84.6 cm³/mol. The van der Waals surface area contributed by atoms with E-state index < -0.39 is 0 Å². The maximum absolute atomic E-state index is 12.7. The van der Waals surface area contributed by atoms with E-state index in [0.29, 0.717) is 17.1 Å². The van der Waals surface area contributed by atoms with E-state index in [2.05, 4.69) is 6.92 Å². The van der Waals surface area contributed by atoms with Gasteiger partial charge in [-0.1, -0.05) is 42.8 Å². The van der Waals surface area contributed by atoms with E-state index in [1.807, 2.05) is 43.3 Å². The van der Waals surface area contributed by atoms with Gasteiger partial charge >= 0.3 is 0 Å². The molecule has 2 rings (SSSR count). The van der Waals surface area contributed by atoms with Gasteiger partial charge < -0.3 is 4.90 Å². The van der Waals surface area contributed by atoms with Gasteiger partial charge in [-0.15, -0.1) is 0 Å². The quantitative estimate of drug-likeness (QED) is 0.798. The molecule has 0 atom stereocenters. The van der Waals surface area contributed by atoms with Crippen molar-refractivity contribution in [2.45, 2.75) is 20.3 Å². The summed E-state index contributed by atoms with van der Waals surface area (Å²) in [4.78, 5) is 14.5. The number of anilines is 1. The van der Waals surface area contributed by atoms with Crippen molar-refractivity contribution < 1.29 is 4.79 Å². The van der Waals surface area contributed by atoms with E-state index in [0.717, 1.165) is 17.7 Å². The SMILES string of the molecule is CCCN(C(=O)c1ccccc1Cl)c1cccc(C)c1. The standard InChI is InChI=1S/C17H18ClNO/c1-3-11-19(14-8-6-7-13(2)12-14)17(20)15-9-4-5-10-16(15)18/h4-10,12H,3,11H2,1-2H3. The number of hydrogen-bond acceptors (Lipinski definition) is 1. The highest BCUT2D eigenvalue weighted by molar-refractivity contribution is 6.34. The molecular formula is C17H18ClNO. The summed E-state index contributed by atoms with van der Waals surface area (Å²) in [6.07, 6.45) is 0.893. The third-order valence-electron chi connectivity index (χ3n) is 3.11. The highest BCUT2D eigenvalue weighted by Gasteiger charge is 2.19. The minimum atomic E-state index is -0.0527. The van der Waals surface area contributed by atoms with Crippen molar-refractivity contribution in [3.63, 3.8) is 0 Å². The summed E-state index contributed by atoms with van der Waals surface area (Å²) in [6.45, 7) is 4.75. The van der Waals surface area contributed by atoms with Crippen molar-refractivity contribution in [3.8, 4) is 0 Å². The molecule has 0 aromatic heterocycles. The highest BCUT2D eigenvalue weighted by atomic mass is 35.5. The van der Waals surface area contributed by atoms with Crippen LogP contribution in [0.15, 0.2) is 48.5 Å². The molecule has 0 unspecified atom stereocenters. The molecule has 0 fully saturated rings. The smallest absolute Gasteiger partial charge is 0.259 e. The Bertz CT molecular complexity index is 609. The first-order valence-corrected chi connectivity index (χ1v) is 7.14. The average molecular weight is 288 g/mol. The zero-order chi connectivity index (χ0) is 14.5. The van der Waals surface area contributed by atoms with Gasteiger partial charge in [0.1, 0.15) is 0 Å². The van der Waals surface area contributed by atoms with Crippen molar-refractivity contribution in [3.05, 3.63) is 64.7 Å². The van der Waals surface area contributed by atoms with Crippen LogP contribution in [0.1, 0.15) is 29.3 Å². The van der Waals surface area contributed by atoms with E-state index in [1.165, 1.54) is 0 Å². The molecule has 0 aliphatic rings. The van der Waals surface area contributed by atoms with Gasteiger partial charge in [0.2, 0.25) is 0 Å². The van der Waals surface area contributed by atoms with Crippen LogP contribution >= 0.6 is 11.6 Å². The Morgan fingerprint density at radius 2 is 1.90 bits per heavy atom. The van der Waals surface area contributed by atoms with Gasteiger partial charge in [0.15, 0.2) is 0 Å². The third-order valence-corrected chi connectivity index (χ3v) is 3.44. The van der Waals surface area contributed by atoms with E-state index >= 15 is 0 Å². The van der Waals surface area contributed by atoms with E-state index in [4.69, 9.17) is 11.6 Å². The topological polar surface area (TPSA) is 20.3 Å². The largest absolute Gasteiger partial charge is 0.308 e. The van der Waals surface area contributed by atoms with Crippen LogP contribution < -0.4 is 4.90 Å². The zero-order valence-corrected chi connectivity index (χ0v) is 12.5. The predicted octanol–water partition coefficient (Wildman–Crippen LogP) is 4.71. The number of nitrogens with zero attached hydrogens (tertiary/aromatic N) is 1. The number of carbonyl (C=O) groups excluding carboxylic acids is 1. The molecule has 0 radical (unpaired) electrons. The van der Waals surface area contributed by atoms with Crippen molar-refractivity contribution in [1.29, 1.82) is 0 Å². The van der Waals surface area contributed by atoms with Crippen LogP contribution in [0, 0.1) is 6.92 Å². The van der Waals surface area contributed by atoms with Crippen molar-refractivity contribution in [2.24, 2.45) is 0 Å². The molecule has 0 heterocycles. The molecule has 1 amide bonds. The molecule has 2 nitrogen and oxygen atoms in total. The Balaban J connectivity index is 2.39. The Labute approximate surface area is 125 Å². The molecule has 0 aliphatic heterocycles. The summed E-state index contributed by atoms with van der Waals surface area (Å²) < 4.78 is 0. The summed E-state index contributed by atoms with van der Waals surface area (Å²) in [5.74, 6) is -0.0527. The molecule has 3 heteroatoms. The highest BCUT2D eigenvalue weighted by Crippen LogP contribution is 2.22. The Morgan fingerprint density at radius 3 is 2.55 bits per heavy atom. The molecule has 0 saturated heterocycles. The number of rotatable bonds is 4. The van der Waals surface area contributed by atoms with Crippen LogP contribution in [0.3, 0.4) is 0 Å². The summed E-state index contributed by atoms with van der Waals surface area (Å²) in [7, 11) is 0. The molecule has 0 aliphatic carbocycles. The first kappa shape index (κ1) is 14.6. The fraction of sp³-hybridized carbons (Fsp3) is 0.235. The van der Waals surface area contributed by atoms with Gasteiger partial charge in [0.05, 0.1) is 10.6 Å². The second kappa shape index (κ2) is 6.58. The van der Waals surface area contributed by atoms with Crippen LogP contribution in [-0.4, -0.2) is 12.5 Å². The van der Waals surface area contributed by atoms with Gasteiger partial charge in [-0.05, 0) is 43.2 Å². The summed E-state index contributed by atoms with van der Waals surface area (Å²) in [5.41, 5.74) is 2.59. The fourth-order valence-corrected chi connectivity index (χ4v) is 2.36. The molecule has 2 aromatic carbocycles. The molecular weight excluding hydrogens is 270 g/mol. The van der Waals surface area contributed by atoms with Crippen molar-refractivity contribution in [1.82, 2.24) is 0 Å². The Kier molecular flexibility index (Phi) is 4.80. The maximum Gasteiger partial charge on any atom is 0.259 e. The van der Waals surface area contributed by atoms with Crippen LogP contribution in [0.4, 0.5) is 5.69 Å².